The molecular weight excluding hydrogens is 231 g/mol. The summed E-state index contributed by atoms with van der Waals surface area (Å²) in [5.41, 5.74) is 0. The van der Waals surface area contributed by atoms with E-state index in [9.17, 15) is 0 Å². The molecule has 0 unspecified atom stereocenters. The van der Waals surface area contributed by atoms with Gasteiger partial charge in [-0.3, -0.25) is 8.42 Å². The van der Waals surface area contributed by atoms with Crippen molar-refractivity contribution in [1.82, 2.24) is 0 Å². The third kappa shape index (κ3) is 588. The molecule has 0 aromatic carbocycles. The summed E-state index contributed by atoms with van der Waals surface area (Å²) in [6.45, 7) is 0. The summed E-state index contributed by atoms with van der Waals surface area (Å²) in [6, 6.07) is 0. The van der Waals surface area contributed by atoms with E-state index >= 15 is 0 Å². The first-order valence-corrected chi connectivity index (χ1v) is 3.37. The van der Waals surface area contributed by atoms with Crippen LogP contribution in [0.15, 0.2) is 0 Å². The fourth-order valence-corrected chi connectivity index (χ4v) is 0. The van der Waals surface area contributed by atoms with Gasteiger partial charge in [0, 0.05) is 10.4 Å². The molecule has 5 nitrogen and oxygen atoms in total. The first kappa shape index (κ1) is 10.4. The third-order valence-corrected chi connectivity index (χ3v) is 0. The Hall–Kier alpha value is 0.469. The summed E-state index contributed by atoms with van der Waals surface area (Å²) in [4.78, 5) is 0. The van der Waals surface area contributed by atoms with Crippen LogP contribution in [0, 0.1) is 0 Å². The van der Waals surface area contributed by atoms with E-state index in [2.05, 4.69) is 0 Å². The van der Waals surface area contributed by atoms with Crippen molar-refractivity contribution in [2.45, 2.75) is 0 Å². The summed E-state index contributed by atoms with van der Waals surface area (Å²) in [6.07, 6.45) is 0. The first-order chi connectivity index (χ1) is 3.00. The van der Waals surface area contributed by atoms with Crippen LogP contribution in [-0.2, 0) is 13.5 Å². The average molecular weight is 231 g/mol. The Morgan fingerprint density at radius 2 is 1.14 bits per heavy atom. The van der Waals surface area contributed by atoms with Gasteiger partial charge >= 0.3 is 25.6 Å². The monoisotopic (exact) mass is 232 g/mol. The molecule has 0 aliphatic heterocycles. The molecule has 0 aromatic rings. The minimum atomic E-state index is -5.17. The fraction of sp³-hybridized carbons (Fsp3) is 0. The van der Waals surface area contributed by atoms with Crippen molar-refractivity contribution >= 4 is 32.9 Å². The second-order valence-corrected chi connectivity index (χ2v) is 1.22. The van der Waals surface area contributed by atoms with Gasteiger partial charge in [0.15, 0.2) is 0 Å². The van der Waals surface area contributed by atoms with Gasteiger partial charge in [0.2, 0.25) is 0 Å². The van der Waals surface area contributed by atoms with Crippen molar-refractivity contribution < 1.29 is 20.6 Å². The molecule has 0 aliphatic rings. The maximum atomic E-state index is 8.52. The van der Waals surface area contributed by atoms with Gasteiger partial charge in [0.05, 0.1) is 0 Å². The van der Waals surface area contributed by atoms with Crippen molar-refractivity contribution in [2.24, 2.45) is 0 Å². The van der Waals surface area contributed by atoms with Crippen LogP contribution < -0.4 is 0 Å². The maximum absolute atomic E-state index is 8.52. The Balaban J connectivity index is 0. The molecule has 0 amide bonds. The SMILES string of the molecule is O=S(=O)([O-])[O-].[O]=[Sn+2]. The van der Waals surface area contributed by atoms with Gasteiger partial charge in [-0.2, -0.15) is 0 Å². The van der Waals surface area contributed by atoms with Crippen molar-refractivity contribution in [1.29, 1.82) is 0 Å². The molecule has 0 fully saturated rings. The molecule has 0 radical (unpaired) electrons. The molecular formula is O5SSn. The van der Waals surface area contributed by atoms with Crippen molar-refractivity contribution in [2.75, 3.05) is 0 Å². The molecule has 40 valence electrons. The van der Waals surface area contributed by atoms with Gasteiger partial charge in [-0.25, -0.2) is 0 Å². The summed E-state index contributed by atoms with van der Waals surface area (Å²) in [5.74, 6) is 0. The van der Waals surface area contributed by atoms with Gasteiger partial charge in [-0.15, -0.1) is 0 Å². The Morgan fingerprint density at radius 3 is 1.14 bits per heavy atom. The molecule has 0 atom stereocenters. The van der Waals surface area contributed by atoms with Gasteiger partial charge in [-0.05, 0) is 0 Å². The van der Waals surface area contributed by atoms with Gasteiger partial charge in [0.1, 0.15) is 0 Å². The van der Waals surface area contributed by atoms with E-state index in [0.29, 0.717) is 22.5 Å². The number of hydrogen-bond donors (Lipinski definition) is 0. The molecule has 0 N–H and O–H groups in total. The van der Waals surface area contributed by atoms with E-state index in [1.165, 1.54) is 0 Å². The van der Waals surface area contributed by atoms with Gasteiger partial charge in [0.25, 0.3) is 0 Å². The normalized spacial score (nSPS) is 9.14. The number of hydrogen-bond acceptors (Lipinski definition) is 5. The second kappa shape index (κ2) is 4.62. The van der Waals surface area contributed by atoms with E-state index in [1.54, 1.807) is 0 Å². The summed E-state index contributed by atoms with van der Waals surface area (Å²) in [7, 11) is -5.17. The van der Waals surface area contributed by atoms with Crippen LogP contribution in [0.1, 0.15) is 0 Å². The van der Waals surface area contributed by atoms with E-state index in [4.69, 9.17) is 20.6 Å². The van der Waals surface area contributed by atoms with E-state index in [0.717, 1.165) is 0 Å². The molecule has 0 heterocycles. The zero-order chi connectivity index (χ0) is 6.50. The van der Waals surface area contributed by atoms with E-state index < -0.39 is 10.4 Å². The average Bonchev–Trinajstić information content (AvgIpc) is 1.36. The first-order valence-electron chi connectivity index (χ1n) is 0.871. The van der Waals surface area contributed by atoms with Crippen molar-refractivity contribution in [3.63, 3.8) is 0 Å². The summed E-state index contributed by atoms with van der Waals surface area (Å²) < 4.78 is 42.4. The fourth-order valence-electron chi connectivity index (χ4n) is 0. The molecule has 0 aromatic heterocycles. The topological polar surface area (TPSA) is 97.3 Å². The van der Waals surface area contributed by atoms with Crippen molar-refractivity contribution in [3.05, 3.63) is 0 Å². The summed E-state index contributed by atoms with van der Waals surface area (Å²) in [5, 5.41) is 0. The predicted octanol–water partition coefficient (Wildman–Crippen LogP) is -1.84. The predicted molar refractivity (Wildman–Crippen MR) is 16.9 cm³/mol. The third-order valence-electron chi connectivity index (χ3n) is 0. The molecule has 7 heteroatoms. The van der Waals surface area contributed by atoms with Crippen LogP contribution in [0.4, 0.5) is 0 Å². The van der Waals surface area contributed by atoms with Crippen molar-refractivity contribution in [3.8, 4) is 0 Å². The van der Waals surface area contributed by atoms with Gasteiger partial charge in [-0.1, -0.05) is 0 Å². The number of rotatable bonds is 0. The Labute approximate surface area is 53.8 Å². The molecule has 0 spiro atoms. The zero-order valence-corrected chi connectivity index (χ0v) is 6.62. The molecule has 0 bridgehead atoms. The molecule has 0 saturated heterocycles. The van der Waals surface area contributed by atoms with Crippen LogP contribution in [0.5, 0.6) is 0 Å². The Kier molecular flexibility index (Phi) is 6.90. The quantitative estimate of drug-likeness (QED) is 0.277. The van der Waals surface area contributed by atoms with Crippen LogP contribution in [0.2, 0.25) is 0 Å². The minimum absolute atomic E-state index is 0.300. The standard InChI is InChI=1S/H2O4S.O.Sn/c1-5(2,3)4;;/h(H2,1,2,3,4);;/q;;+2/p-2. The molecule has 0 saturated carbocycles. The molecule has 7 heavy (non-hydrogen) atoms. The molecule has 0 rings (SSSR count). The second-order valence-electron chi connectivity index (χ2n) is 0.408. The van der Waals surface area contributed by atoms with E-state index in [-0.39, 0.29) is 0 Å². The zero-order valence-electron chi connectivity index (χ0n) is 2.95. The van der Waals surface area contributed by atoms with Gasteiger partial charge < -0.3 is 9.11 Å². The van der Waals surface area contributed by atoms with Crippen LogP contribution >= 0.6 is 0 Å². The van der Waals surface area contributed by atoms with Crippen LogP contribution in [-0.4, -0.2) is 40.0 Å². The Bertz CT molecular complexity index is 102. The summed E-state index contributed by atoms with van der Waals surface area (Å²) >= 11 is 0.300. The molecule has 0 aliphatic carbocycles. The van der Waals surface area contributed by atoms with E-state index in [1.807, 2.05) is 0 Å². The van der Waals surface area contributed by atoms with Crippen LogP contribution in [0.25, 0.3) is 0 Å². The van der Waals surface area contributed by atoms with Crippen LogP contribution in [0.3, 0.4) is 0 Å². The Morgan fingerprint density at radius 1 is 1.14 bits per heavy atom.